The maximum Gasteiger partial charge on any atom is 0.230 e. The van der Waals surface area contributed by atoms with Crippen molar-refractivity contribution in [2.75, 3.05) is 6.61 Å². The smallest absolute Gasteiger partial charge is 0.230 e. The summed E-state index contributed by atoms with van der Waals surface area (Å²) in [6, 6.07) is 0. The van der Waals surface area contributed by atoms with Gasteiger partial charge in [-0.25, -0.2) is 0 Å². The number of hydrogen-bond donors (Lipinski definition) is 1. The minimum absolute atomic E-state index is 0.109. The average Bonchev–Trinajstić information content (AvgIpc) is 2.69. The van der Waals surface area contributed by atoms with E-state index in [2.05, 4.69) is 24.0 Å². The molecule has 1 unspecified atom stereocenters. The van der Waals surface area contributed by atoms with Gasteiger partial charge in [0.05, 0.1) is 6.10 Å². The SMILES string of the molecule is CCOC(c1noc(C2CC(O)C2)n1)C(C)C. The van der Waals surface area contributed by atoms with Crippen molar-refractivity contribution in [1.82, 2.24) is 10.1 Å². The van der Waals surface area contributed by atoms with Gasteiger partial charge in [-0.15, -0.1) is 0 Å². The third-order valence-corrected chi connectivity index (χ3v) is 3.13. The van der Waals surface area contributed by atoms with Gasteiger partial charge in [0, 0.05) is 12.5 Å². The second-order valence-corrected chi connectivity index (χ2v) is 4.93. The van der Waals surface area contributed by atoms with E-state index in [0.29, 0.717) is 24.2 Å². The topological polar surface area (TPSA) is 68.4 Å². The zero-order valence-electron chi connectivity index (χ0n) is 10.6. The highest BCUT2D eigenvalue weighted by molar-refractivity contribution is 5.03. The first kappa shape index (κ1) is 12.5. The summed E-state index contributed by atoms with van der Waals surface area (Å²) in [5.41, 5.74) is 0. The molecule has 1 N–H and O–H groups in total. The maximum atomic E-state index is 9.25. The zero-order chi connectivity index (χ0) is 12.4. The maximum absolute atomic E-state index is 9.25. The summed E-state index contributed by atoms with van der Waals surface area (Å²) < 4.78 is 10.9. The van der Waals surface area contributed by atoms with Crippen LogP contribution in [0.2, 0.25) is 0 Å². The van der Waals surface area contributed by atoms with Crippen molar-refractivity contribution >= 4 is 0 Å². The molecule has 1 fully saturated rings. The lowest BCUT2D eigenvalue weighted by atomic mass is 9.82. The fraction of sp³-hybridized carbons (Fsp3) is 0.833. The van der Waals surface area contributed by atoms with Crippen LogP contribution < -0.4 is 0 Å². The molecule has 0 amide bonds. The van der Waals surface area contributed by atoms with Gasteiger partial charge in [-0.05, 0) is 25.7 Å². The van der Waals surface area contributed by atoms with Gasteiger partial charge in [0.15, 0.2) is 0 Å². The van der Waals surface area contributed by atoms with Gasteiger partial charge >= 0.3 is 0 Å². The molecule has 96 valence electrons. The number of ether oxygens (including phenoxy) is 1. The molecule has 1 aliphatic carbocycles. The van der Waals surface area contributed by atoms with Crippen molar-refractivity contribution in [3.63, 3.8) is 0 Å². The van der Waals surface area contributed by atoms with E-state index in [1.54, 1.807) is 0 Å². The molecule has 0 bridgehead atoms. The molecule has 0 radical (unpaired) electrons. The summed E-state index contributed by atoms with van der Waals surface area (Å²) in [6.45, 7) is 6.74. The number of aliphatic hydroxyl groups is 1. The van der Waals surface area contributed by atoms with Crippen LogP contribution in [0.4, 0.5) is 0 Å². The van der Waals surface area contributed by atoms with E-state index in [0.717, 1.165) is 12.8 Å². The average molecular weight is 240 g/mol. The van der Waals surface area contributed by atoms with Gasteiger partial charge in [0.1, 0.15) is 6.10 Å². The molecule has 17 heavy (non-hydrogen) atoms. The molecule has 1 aromatic rings. The van der Waals surface area contributed by atoms with Gasteiger partial charge in [0.25, 0.3) is 0 Å². The largest absolute Gasteiger partial charge is 0.393 e. The summed E-state index contributed by atoms with van der Waals surface area (Å²) in [4.78, 5) is 4.39. The van der Waals surface area contributed by atoms with Gasteiger partial charge < -0.3 is 14.4 Å². The van der Waals surface area contributed by atoms with Crippen molar-refractivity contribution < 1.29 is 14.4 Å². The molecule has 2 rings (SSSR count). The standard InChI is InChI=1S/C12H20N2O3/c1-4-16-10(7(2)3)11-13-12(17-14-11)8-5-9(15)6-8/h7-10,15H,4-6H2,1-3H3. The molecule has 1 aliphatic rings. The Hall–Kier alpha value is -0.940. The Morgan fingerprint density at radius 1 is 1.47 bits per heavy atom. The lowest BCUT2D eigenvalue weighted by Gasteiger charge is -2.27. The molecule has 0 aliphatic heterocycles. The Morgan fingerprint density at radius 3 is 2.71 bits per heavy atom. The van der Waals surface area contributed by atoms with E-state index in [9.17, 15) is 5.11 Å². The molecule has 0 spiro atoms. The normalized spacial score (nSPS) is 25.9. The molecule has 0 saturated heterocycles. The Kier molecular flexibility index (Phi) is 3.79. The summed E-state index contributed by atoms with van der Waals surface area (Å²) in [5, 5.41) is 13.2. The van der Waals surface area contributed by atoms with Gasteiger partial charge in [0.2, 0.25) is 11.7 Å². The molecular formula is C12H20N2O3. The van der Waals surface area contributed by atoms with Crippen LogP contribution in [0.15, 0.2) is 4.52 Å². The van der Waals surface area contributed by atoms with Crippen molar-refractivity contribution in [2.45, 2.75) is 51.7 Å². The number of aromatic nitrogens is 2. The zero-order valence-corrected chi connectivity index (χ0v) is 10.6. The molecule has 5 heteroatoms. The van der Waals surface area contributed by atoms with Crippen molar-refractivity contribution in [3.05, 3.63) is 11.7 Å². The Balaban J connectivity index is 2.05. The summed E-state index contributed by atoms with van der Waals surface area (Å²) in [5.74, 6) is 1.79. The van der Waals surface area contributed by atoms with Crippen molar-refractivity contribution in [1.29, 1.82) is 0 Å². The fourth-order valence-corrected chi connectivity index (χ4v) is 2.06. The van der Waals surface area contributed by atoms with Crippen LogP contribution in [-0.4, -0.2) is 28.0 Å². The van der Waals surface area contributed by atoms with E-state index in [1.807, 2.05) is 6.92 Å². The first-order valence-electron chi connectivity index (χ1n) is 6.25. The quantitative estimate of drug-likeness (QED) is 0.853. The van der Waals surface area contributed by atoms with E-state index < -0.39 is 0 Å². The van der Waals surface area contributed by atoms with Crippen LogP contribution in [0, 0.1) is 5.92 Å². The lowest BCUT2D eigenvalue weighted by molar-refractivity contribution is 0.0217. The van der Waals surface area contributed by atoms with Crippen LogP contribution in [0.5, 0.6) is 0 Å². The van der Waals surface area contributed by atoms with E-state index in [-0.39, 0.29) is 18.1 Å². The van der Waals surface area contributed by atoms with Crippen LogP contribution in [-0.2, 0) is 4.74 Å². The fourth-order valence-electron chi connectivity index (χ4n) is 2.06. The van der Waals surface area contributed by atoms with Crippen molar-refractivity contribution in [2.24, 2.45) is 5.92 Å². The van der Waals surface area contributed by atoms with Crippen LogP contribution >= 0.6 is 0 Å². The Labute approximate surface area is 101 Å². The second-order valence-electron chi connectivity index (χ2n) is 4.93. The predicted molar refractivity (Wildman–Crippen MR) is 61.5 cm³/mol. The highest BCUT2D eigenvalue weighted by atomic mass is 16.5. The molecule has 1 heterocycles. The number of aliphatic hydroxyl groups excluding tert-OH is 1. The number of hydrogen-bond acceptors (Lipinski definition) is 5. The molecule has 1 atom stereocenters. The molecule has 1 aromatic heterocycles. The van der Waals surface area contributed by atoms with Gasteiger partial charge in [-0.2, -0.15) is 4.98 Å². The molecule has 1 saturated carbocycles. The number of rotatable bonds is 5. The summed E-state index contributed by atoms with van der Waals surface area (Å²) >= 11 is 0. The van der Waals surface area contributed by atoms with E-state index in [4.69, 9.17) is 9.26 Å². The Bertz CT molecular complexity index is 358. The third-order valence-electron chi connectivity index (χ3n) is 3.13. The summed E-state index contributed by atoms with van der Waals surface area (Å²) in [6.07, 6.45) is 1.14. The molecule has 5 nitrogen and oxygen atoms in total. The number of nitrogens with zero attached hydrogens (tertiary/aromatic N) is 2. The minimum atomic E-state index is -0.205. The van der Waals surface area contributed by atoms with Gasteiger partial charge in [-0.3, -0.25) is 0 Å². The minimum Gasteiger partial charge on any atom is -0.393 e. The predicted octanol–water partition coefficient (Wildman–Crippen LogP) is 2.04. The Morgan fingerprint density at radius 2 is 2.18 bits per heavy atom. The molecular weight excluding hydrogens is 220 g/mol. The van der Waals surface area contributed by atoms with Gasteiger partial charge in [-0.1, -0.05) is 19.0 Å². The highest BCUT2D eigenvalue weighted by Gasteiger charge is 2.34. The van der Waals surface area contributed by atoms with E-state index in [1.165, 1.54) is 0 Å². The third kappa shape index (κ3) is 2.66. The first-order valence-corrected chi connectivity index (χ1v) is 6.25. The highest BCUT2D eigenvalue weighted by Crippen LogP contribution is 2.36. The molecule has 0 aromatic carbocycles. The van der Waals surface area contributed by atoms with E-state index >= 15 is 0 Å². The first-order chi connectivity index (χ1) is 8.11. The summed E-state index contributed by atoms with van der Waals surface area (Å²) in [7, 11) is 0. The van der Waals surface area contributed by atoms with Crippen molar-refractivity contribution in [3.8, 4) is 0 Å². The van der Waals surface area contributed by atoms with Crippen LogP contribution in [0.3, 0.4) is 0 Å². The monoisotopic (exact) mass is 240 g/mol. The second kappa shape index (κ2) is 5.14. The van der Waals surface area contributed by atoms with Crippen LogP contribution in [0.25, 0.3) is 0 Å². The van der Waals surface area contributed by atoms with Crippen LogP contribution in [0.1, 0.15) is 57.3 Å². The lowest BCUT2D eigenvalue weighted by Crippen LogP contribution is -2.26.